The third kappa shape index (κ3) is 1.79. The van der Waals surface area contributed by atoms with Crippen molar-refractivity contribution in [3.05, 3.63) is 0 Å². The first-order chi connectivity index (χ1) is 7.59. The summed E-state index contributed by atoms with van der Waals surface area (Å²) < 4.78 is 0. The van der Waals surface area contributed by atoms with Crippen LogP contribution in [-0.4, -0.2) is 33.8 Å². The fourth-order valence-electron chi connectivity index (χ4n) is 1.35. The maximum atomic E-state index is 11.1. The zero-order valence-corrected chi connectivity index (χ0v) is 8.17. The molecule has 2 aliphatic heterocycles. The third-order valence-corrected chi connectivity index (χ3v) is 2.19. The Morgan fingerprint density at radius 1 is 0.625 bits per heavy atom. The van der Waals surface area contributed by atoms with Gasteiger partial charge in [-0.25, -0.2) is 0 Å². The molecule has 0 saturated carbocycles. The smallest absolute Gasteiger partial charge is 0.256 e. The van der Waals surface area contributed by atoms with Gasteiger partial charge in [0.25, 0.3) is 23.6 Å². The molecular weight excluding hydrogens is 220 g/mol. The average molecular weight is 228 g/mol. The molecule has 4 amide bonds. The first-order valence-corrected chi connectivity index (χ1v) is 4.66. The van der Waals surface area contributed by atoms with E-state index in [4.69, 9.17) is 0 Å². The zero-order valence-electron chi connectivity index (χ0n) is 8.17. The van der Waals surface area contributed by atoms with Gasteiger partial charge in [0.05, 0.1) is 0 Å². The molecule has 86 valence electrons. The van der Waals surface area contributed by atoms with Gasteiger partial charge in [-0.3, -0.25) is 19.2 Å². The number of hydrogen-bond acceptors (Lipinski definition) is 6. The average Bonchev–Trinajstić information content (AvgIpc) is 2.72. The van der Waals surface area contributed by atoms with Crippen LogP contribution in [0.1, 0.15) is 25.7 Å². The molecule has 2 saturated heterocycles. The predicted octanol–water partition coefficient (Wildman–Crippen LogP) is -0.937. The summed E-state index contributed by atoms with van der Waals surface area (Å²) >= 11 is 0. The highest BCUT2D eigenvalue weighted by molar-refractivity contribution is 6.01. The molecule has 0 aromatic rings. The van der Waals surface area contributed by atoms with Crippen molar-refractivity contribution in [2.45, 2.75) is 25.7 Å². The van der Waals surface area contributed by atoms with E-state index >= 15 is 0 Å². The van der Waals surface area contributed by atoms with Crippen molar-refractivity contribution in [1.29, 1.82) is 0 Å². The lowest BCUT2D eigenvalue weighted by atomic mass is 10.4. The van der Waals surface area contributed by atoms with Crippen molar-refractivity contribution >= 4 is 23.6 Å². The number of amides is 4. The number of carbonyl (C=O) groups is 4. The van der Waals surface area contributed by atoms with Gasteiger partial charge >= 0.3 is 0 Å². The number of imide groups is 2. The molecule has 0 unspecified atom stereocenters. The van der Waals surface area contributed by atoms with Crippen LogP contribution in [0.25, 0.3) is 0 Å². The molecule has 2 rings (SSSR count). The monoisotopic (exact) mass is 228 g/mol. The van der Waals surface area contributed by atoms with Crippen LogP contribution < -0.4 is 0 Å². The summed E-state index contributed by atoms with van der Waals surface area (Å²) in [5.74, 6) is -2.26. The Hall–Kier alpha value is -1.80. The lowest BCUT2D eigenvalue weighted by Crippen LogP contribution is -2.36. The van der Waals surface area contributed by atoms with E-state index in [1.807, 2.05) is 0 Å². The summed E-state index contributed by atoms with van der Waals surface area (Å²) in [5.41, 5.74) is 0. The molecule has 16 heavy (non-hydrogen) atoms. The highest BCUT2D eigenvalue weighted by atomic mass is 17.3. The second-order valence-electron chi connectivity index (χ2n) is 3.31. The van der Waals surface area contributed by atoms with Gasteiger partial charge in [-0.1, -0.05) is 9.98 Å². The van der Waals surface area contributed by atoms with E-state index in [2.05, 4.69) is 9.98 Å². The molecule has 0 aromatic carbocycles. The van der Waals surface area contributed by atoms with E-state index in [1.54, 1.807) is 0 Å². The van der Waals surface area contributed by atoms with Crippen LogP contribution in [0.2, 0.25) is 0 Å². The summed E-state index contributed by atoms with van der Waals surface area (Å²) in [6.45, 7) is 0. The van der Waals surface area contributed by atoms with E-state index in [-0.39, 0.29) is 25.7 Å². The lowest BCUT2D eigenvalue weighted by molar-refractivity contribution is -0.464. The third-order valence-electron chi connectivity index (χ3n) is 2.19. The Morgan fingerprint density at radius 3 is 1.12 bits per heavy atom. The van der Waals surface area contributed by atoms with Crippen LogP contribution >= 0.6 is 0 Å². The first-order valence-electron chi connectivity index (χ1n) is 4.66. The van der Waals surface area contributed by atoms with Crippen LogP contribution in [0.4, 0.5) is 0 Å². The van der Waals surface area contributed by atoms with Crippen molar-refractivity contribution in [2.24, 2.45) is 0 Å². The first kappa shape index (κ1) is 10.7. The van der Waals surface area contributed by atoms with E-state index < -0.39 is 23.6 Å². The molecule has 2 fully saturated rings. The molecule has 2 aliphatic rings. The van der Waals surface area contributed by atoms with Crippen molar-refractivity contribution in [3.63, 3.8) is 0 Å². The molecular formula is C8H8N2O6. The fraction of sp³-hybridized carbons (Fsp3) is 0.500. The van der Waals surface area contributed by atoms with Crippen LogP contribution in [0, 0.1) is 0 Å². The van der Waals surface area contributed by atoms with Gasteiger partial charge in [0, 0.05) is 25.7 Å². The Morgan fingerprint density at radius 2 is 0.875 bits per heavy atom. The quantitative estimate of drug-likeness (QED) is 0.351. The number of carbonyl (C=O) groups excluding carboxylic acids is 4. The van der Waals surface area contributed by atoms with E-state index in [9.17, 15) is 19.2 Å². The minimum atomic E-state index is -0.566. The molecule has 0 N–H and O–H groups in total. The van der Waals surface area contributed by atoms with Crippen molar-refractivity contribution in [3.8, 4) is 0 Å². The molecule has 0 bridgehead atoms. The SMILES string of the molecule is O=C1CCC(=O)N1OON1C(=O)CCC1=O. The molecule has 0 radical (unpaired) electrons. The van der Waals surface area contributed by atoms with Crippen LogP contribution in [0.3, 0.4) is 0 Å². The summed E-state index contributed by atoms with van der Waals surface area (Å²) in [5, 5.41) is 0.803. The van der Waals surface area contributed by atoms with Crippen molar-refractivity contribution in [2.75, 3.05) is 0 Å². The summed E-state index contributed by atoms with van der Waals surface area (Å²) in [6, 6.07) is 0. The van der Waals surface area contributed by atoms with Gasteiger partial charge in [-0.05, 0) is 0 Å². The molecule has 0 spiro atoms. The van der Waals surface area contributed by atoms with Gasteiger partial charge in [-0.15, -0.1) is 10.1 Å². The van der Waals surface area contributed by atoms with Gasteiger partial charge in [0.1, 0.15) is 0 Å². The van der Waals surface area contributed by atoms with Crippen LogP contribution in [0.5, 0.6) is 0 Å². The number of hydroxylamine groups is 4. The van der Waals surface area contributed by atoms with Crippen LogP contribution in [-0.2, 0) is 29.2 Å². The second kappa shape index (κ2) is 3.99. The van der Waals surface area contributed by atoms with Crippen LogP contribution in [0.15, 0.2) is 0 Å². The molecule has 8 heteroatoms. The zero-order chi connectivity index (χ0) is 11.7. The second-order valence-corrected chi connectivity index (χ2v) is 3.31. The van der Waals surface area contributed by atoms with E-state index in [0.29, 0.717) is 10.1 Å². The maximum Gasteiger partial charge on any atom is 0.256 e. The highest BCUT2D eigenvalue weighted by Crippen LogP contribution is 2.16. The van der Waals surface area contributed by atoms with Gasteiger partial charge in [0.2, 0.25) is 0 Å². The lowest BCUT2D eigenvalue weighted by Gasteiger charge is -2.15. The van der Waals surface area contributed by atoms with Gasteiger partial charge < -0.3 is 0 Å². The fourth-order valence-corrected chi connectivity index (χ4v) is 1.35. The summed E-state index contributed by atoms with van der Waals surface area (Å²) in [7, 11) is 0. The Bertz CT molecular complexity index is 311. The number of rotatable bonds is 3. The minimum absolute atomic E-state index is 0.0318. The van der Waals surface area contributed by atoms with Crippen molar-refractivity contribution in [1.82, 2.24) is 10.1 Å². The maximum absolute atomic E-state index is 11.1. The normalized spacial score (nSPS) is 21.5. The molecule has 0 aromatic heterocycles. The summed E-state index contributed by atoms with van der Waals surface area (Å²) in [4.78, 5) is 53.0. The molecule has 0 atom stereocenters. The minimum Gasteiger partial charge on any atom is -0.272 e. The Balaban J connectivity index is 1.92. The molecule has 2 heterocycles. The van der Waals surface area contributed by atoms with Crippen molar-refractivity contribution < 1.29 is 29.2 Å². The largest absolute Gasteiger partial charge is 0.272 e. The van der Waals surface area contributed by atoms with Gasteiger partial charge in [0.15, 0.2) is 0 Å². The molecule has 0 aliphatic carbocycles. The van der Waals surface area contributed by atoms with Gasteiger partial charge in [-0.2, -0.15) is 0 Å². The predicted molar refractivity (Wildman–Crippen MR) is 44.3 cm³/mol. The van der Waals surface area contributed by atoms with E-state index in [1.165, 1.54) is 0 Å². The molecule has 8 nitrogen and oxygen atoms in total. The Labute approximate surface area is 89.5 Å². The van der Waals surface area contributed by atoms with E-state index in [0.717, 1.165) is 0 Å². The number of nitrogens with zero attached hydrogens (tertiary/aromatic N) is 2. The highest BCUT2D eigenvalue weighted by Gasteiger charge is 2.36. The topological polar surface area (TPSA) is 93.2 Å². The standard InChI is InChI=1S/C8H8N2O6/c11-5-1-2-6(12)9(5)15-16-10-7(13)3-4-8(10)14/h1-4H2. The Kier molecular flexibility index (Phi) is 2.67. The summed E-state index contributed by atoms with van der Waals surface area (Å²) in [6.07, 6.45) is 0.127. The number of hydrogen-bond donors (Lipinski definition) is 0.